The Balaban J connectivity index is 1.83. The van der Waals surface area contributed by atoms with Gasteiger partial charge < -0.3 is 20.3 Å². The van der Waals surface area contributed by atoms with Gasteiger partial charge in [0.05, 0.1) is 33.4 Å². The topological polar surface area (TPSA) is 89.7 Å². The predicted octanol–water partition coefficient (Wildman–Crippen LogP) is 1.19. The van der Waals surface area contributed by atoms with Crippen molar-refractivity contribution >= 4 is 17.3 Å². The number of amides is 1. The molecule has 1 amide bonds. The molecule has 0 saturated heterocycles. The SMILES string of the molecule is Cn1ncc(Oc2ccccc2)c(Nc2cccc(C(=O)NCC[NH+](C)C)c2)c1=O. The lowest BCUT2D eigenvalue weighted by Crippen LogP contribution is -3.06. The van der Waals surface area contributed by atoms with Crippen LogP contribution in [0.4, 0.5) is 11.4 Å². The van der Waals surface area contributed by atoms with Gasteiger partial charge >= 0.3 is 0 Å². The Labute approximate surface area is 175 Å². The molecule has 0 unspecified atom stereocenters. The van der Waals surface area contributed by atoms with E-state index >= 15 is 0 Å². The van der Waals surface area contributed by atoms with E-state index in [1.54, 1.807) is 43.4 Å². The Morgan fingerprint density at radius 3 is 2.63 bits per heavy atom. The molecule has 8 nitrogen and oxygen atoms in total. The van der Waals surface area contributed by atoms with Crippen LogP contribution in [0.15, 0.2) is 65.6 Å². The zero-order valence-corrected chi connectivity index (χ0v) is 17.3. The van der Waals surface area contributed by atoms with Crippen LogP contribution in [0.1, 0.15) is 10.4 Å². The van der Waals surface area contributed by atoms with Crippen molar-refractivity contribution in [3.05, 3.63) is 76.7 Å². The molecule has 0 spiro atoms. The summed E-state index contributed by atoms with van der Waals surface area (Å²) < 4.78 is 7.07. The van der Waals surface area contributed by atoms with Gasteiger partial charge in [-0.25, -0.2) is 4.68 Å². The molecule has 156 valence electrons. The largest absolute Gasteiger partial charge is 0.453 e. The number of hydrogen-bond acceptors (Lipinski definition) is 5. The van der Waals surface area contributed by atoms with Crippen LogP contribution in [-0.2, 0) is 7.05 Å². The van der Waals surface area contributed by atoms with Crippen LogP contribution in [0.25, 0.3) is 0 Å². The lowest BCUT2D eigenvalue weighted by Gasteiger charge is -2.14. The number of quaternary nitrogens is 1. The summed E-state index contributed by atoms with van der Waals surface area (Å²) in [6.45, 7) is 1.41. The van der Waals surface area contributed by atoms with Crippen molar-refractivity contribution in [2.45, 2.75) is 0 Å². The highest BCUT2D eigenvalue weighted by Gasteiger charge is 2.14. The number of anilines is 2. The quantitative estimate of drug-likeness (QED) is 0.521. The molecule has 0 fully saturated rings. The van der Waals surface area contributed by atoms with Gasteiger partial charge in [-0.1, -0.05) is 24.3 Å². The number of rotatable bonds is 8. The van der Waals surface area contributed by atoms with Crippen LogP contribution in [0.3, 0.4) is 0 Å². The number of ether oxygens (including phenoxy) is 1. The summed E-state index contributed by atoms with van der Waals surface area (Å²) in [7, 11) is 5.62. The van der Waals surface area contributed by atoms with Crippen molar-refractivity contribution in [1.29, 1.82) is 0 Å². The number of aryl methyl sites for hydroxylation is 1. The molecule has 0 aliphatic heterocycles. The summed E-state index contributed by atoms with van der Waals surface area (Å²) in [4.78, 5) is 26.4. The average Bonchev–Trinajstić information content (AvgIpc) is 2.74. The summed E-state index contributed by atoms with van der Waals surface area (Å²) in [5, 5.41) is 10.0. The molecular weight excluding hydrogens is 382 g/mol. The van der Waals surface area contributed by atoms with Gasteiger partial charge in [0, 0.05) is 18.3 Å². The Bertz CT molecular complexity index is 1060. The second kappa shape index (κ2) is 9.71. The lowest BCUT2D eigenvalue weighted by atomic mass is 10.2. The number of likely N-dealkylation sites (N-methyl/N-ethyl adjacent to an activating group) is 1. The Kier molecular flexibility index (Phi) is 6.82. The average molecular weight is 408 g/mol. The molecule has 0 saturated carbocycles. The molecule has 0 bridgehead atoms. The van der Waals surface area contributed by atoms with Crippen molar-refractivity contribution < 1.29 is 14.4 Å². The molecule has 0 aliphatic carbocycles. The second-order valence-corrected chi connectivity index (χ2v) is 7.15. The van der Waals surface area contributed by atoms with Crippen LogP contribution in [0, 0.1) is 0 Å². The molecule has 0 atom stereocenters. The first-order valence-electron chi connectivity index (χ1n) is 9.67. The van der Waals surface area contributed by atoms with Gasteiger partial charge in [-0.15, -0.1) is 0 Å². The van der Waals surface area contributed by atoms with Crippen molar-refractivity contribution in [3.8, 4) is 11.5 Å². The molecule has 2 aromatic carbocycles. The van der Waals surface area contributed by atoms with E-state index in [1.807, 2.05) is 32.3 Å². The minimum Gasteiger partial charge on any atom is -0.453 e. The maximum Gasteiger partial charge on any atom is 0.294 e. The van der Waals surface area contributed by atoms with Crippen molar-refractivity contribution in [2.75, 3.05) is 32.5 Å². The van der Waals surface area contributed by atoms with Gasteiger partial charge in [-0.05, 0) is 30.3 Å². The maximum absolute atomic E-state index is 12.7. The number of carbonyl (C=O) groups is 1. The number of benzene rings is 2. The standard InChI is InChI=1S/C22H25N5O3/c1-26(2)13-12-23-21(28)16-8-7-9-17(14-16)25-20-19(15-24-27(3)22(20)29)30-18-10-5-4-6-11-18/h4-11,14-15,25H,12-13H2,1-3H3,(H,23,28)/p+1. The summed E-state index contributed by atoms with van der Waals surface area (Å²) in [6.07, 6.45) is 1.48. The van der Waals surface area contributed by atoms with Gasteiger partial charge in [0.2, 0.25) is 0 Å². The highest BCUT2D eigenvalue weighted by molar-refractivity contribution is 5.95. The van der Waals surface area contributed by atoms with E-state index in [2.05, 4.69) is 15.7 Å². The third-order valence-corrected chi connectivity index (χ3v) is 4.38. The summed E-state index contributed by atoms with van der Waals surface area (Å²) >= 11 is 0. The highest BCUT2D eigenvalue weighted by Crippen LogP contribution is 2.28. The first-order valence-corrected chi connectivity index (χ1v) is 9.67. The molecule has 30 heavy (non-hydrogen) atoms. The Morgan fingerprint density at radius 2 is 1.90 bits per heavy atom. The molecule has 1 aromatic heterocycles. The third kappa shape index (κ3) is 5.45. The number of carbonyl (C=O) groups excluding carboxylic acids is 1. The predicted molar refractivity (Wildman–Crippen MR) is 116 cm³/mol. The fourth-order valence-electron chi connectivity index (χ4n) is 2.74. The van der Waals surface area contributed by atoms with Crippen LogP contribution in [0.2, 0.25) is 0 Å². The molecule has 1 heterocycles. The summed E-state index contributed by atoms with van der Waals surface area (Å²) in [6, 6.07) is 16.1. The minimum absolute atomic E-state index is 0.164. The van der Waals surface area contributed by atoms with Crippen molar-refractivity contribution in [2.24, 2.45) is 7.05 Å². The molecule has 3 rings (SSSR count). The van der Waals surface area contributed by atoms with Crippen molar-refractivity contribution in [1.82, 2.24) is 15.1 Å². The Morgan fingerprint density at radius 1 is 1.13 bits per heavy atom. The number of nitrogens with one attached hydrogen (secondary N) is 3. The van der Waals surface area contributed by atoms with Gasteiger partial charge in [0.15, 0.2) is 11.4 Å². The van der Waals surface area contributed by atoms with E-state index in [-0.39, 0.29) is 17.2 Å². The molecule has 0 aliphatic rings. The molecule has 3 aromatic rings. The lowest BCUT2D eigenvalue weighted by molar-refractivity contribution is -0.856. The zero-order valence-electron chi connectivity index (χ0n) is 17.3. The molecule has 0 radical (unpaired) electrons. The van der Waals surface area contributed by atoms with E-state index in [0.717, 1.165) is 6.54 Å². The first kappa shape index (κ1) is 21.1. The van der Waals surface area contributed by atoms with Crippen LogP contribution < -0.4 is 25.8 Å². The third-order valence-electron chi connectivity index (χ3n) is 4.38. The van der Waals surface area contributed by atoms with Crippen LogP contribution >= 0.6 is 0 Å². The number of aromatic nitrogens is 2. The first-order chi connectivity index (χ1) is 14.4. The smallest absolute Gasteiger partial charge is 0.294 e. The van der Waals surface area contributed by atoms with E-state index in [4.69, 9.17) is 4.74 Å². The summed E-state index contributed by atoms with van der Waals surface area (Å²) in [5.41, 5.74) is 1.00. The van der Waals surface area contributed by atoms with Crippen molar-refractivity contribution in [3.63, 3.8) is 0 Å². The number of hydrogen-bond donors (Lipinski definition) is 3. The number of nitrogens with zero attached hydrogens (tertiary/aromatic N) is 2. The second-order valence-electron chi connectivity index (χ2n) is 7.15. The fraction of sp³-hybridized carbons (Fsp3) is 0.227. The maximum atomic E-state index is 12.7. The van der Waals surface area contributed by atoms with E-state index < -0.39 is 0 Å². The van der Waals surface area contributed by atoms with Gasteiger partial charge in [0.25, 0.3) is 11.5 Å². The normalized spacial score (nSPS) is 10.7. The Hall–Kier alpha value is -3.65. The molecule has 3 N–H and O–H groups in total. The van der Waals surface area contributed by atoms with E-state index in [9.17, 15) is 9.59 Å². The fourth-order valence-corrected chi connectivity index (χ4v) is 2.74. The zero-order chi connectivity index (χ0) is 21.5. The molecule has 8 heteroatoms. The van der Waals surface area contributed by atoms with Crippen LogP contribution in [-0.4, -0.2) is 42.9 Å². The van der Waals surface area contributed by atoms with Gasteiger partial charge in [-0.2, -0.15) is 5.10 Å². The molecular formula is C22H26N5O3+. The van der Waals surface area contributed by atoms with Gasteiger partial charge in [-0.3, -0.25) is 9.59 Å². The van der Waals surface area contributed by atoms with E-state index in [1.165, 1.54) is 15.8 Å². The van der Waals surface area contributed by atoms with E-state index in [0.29, 0.717) is 29.3 Å². The monoisotopic (exact) mass is 408 g/mol. The van der Waals surface area contributed by atoms with Crippen LogP contribution in [0.5, 0.6) is 11.5 Å². The highest BCUT2D eigenvalue weighted by atomic mass is 16.5. The minimum atomic E-state index is -0.341. The summed E-state index contributed by atoms with van der Waals surface area (Å²) in [5.74, 6) is 0.725. The number of para-hydroxylation sites is 1. The van der Waals surface area contributed by atoms with Gasteiger partial charge in [0.1, 0.15) is 5.75 Å².